The van der Waals surface area contributed by atoms with Crippen LogP contribution in [0.15, 0.2) is 0 Å². The predicted molar refractivity (Wildman–Crippen MR) is 79.1 cm³/mol. The summed E-state index contributed by atoms with van der Waals surface area (Å²) in [5, 5.41) is 27.4. The van der Waals surface area contributed by atoms with Crippen LogP contribution in [0.2, 0.25) is 0 Å². The zero-order valence-electron chi connectivity index (χ0n) is 13.2. The molecule has 0 bridgehead atoms. The van der Waals surface area contributed by atoms with E-state index in [1.165, 1.54) is 0 Å². The van der Waals surface area contributed by atoms with Gasteiger partial charge in [-0.2, -0.15) is 0 Å². The van der Waals surface area contributed by atoms with E-state index in [1.807, 2.05) is 6.92 Å². The lowest BCUT2D eigenvalue weighted by atomic mass is 10.3. The van der Waals surface area contributed by atoms with Gasteiger partial charge in [0.05, 0.1) is 52.9 Å². The monoisotopic (exact) mass is 310 g/mol. The topological polar surface area (TPSA) is 88.4 Å². The van der Waals surface area contributed by atoms with Crippen LogP contribution in [0, 0.1) is 0 Å². The summed E-state index contributed by atoms with van der Waals surface area (Å²) in [5.41, 5.74) is 0. The maximum Gasteiger partial charge on any atom is 0.103 e. The first-order valence-electron chi connectivity index (χ1n) is 7.65. The number of rotatable bonds is 16. The third kappa shape index (κ3) is 11.0. The summed E-state index contributed by atoms with van der Waals surface area (Å²) in [5.74, 6) is 0. The van der Waals surface area contributed by atoms with Gasteiger partial charge in [0.1, 0.15) is 26.2 Å². The standard InChI is InChI=1S/C14H32NO6/c1-2-19-11-12-21-14-13-20-10-6-15(3-7-16,4-8-17)5-9-18/h16-18H,2-14H2,1H3/q+1. The van der Waals surface area contributed by atoms with Crippen molar-refractivity contribution >= 4 is 0 Å². The van der Waals surface area contributed by atoms with E-state index in [2.05, 4.69) is 0 Å². The van der Waals surface area contributed by atoms with Gasteiger partial charge in [0.2, 0.25) is 0 Å². The molecular formula is C14H32NO6+. The number of hydrogen-bond acceptors (Lipinski definition) is 6. The molecule has 0 aliphatic heterocycles. The highest BCUT2D eigenvalue weighted by molar-refractivity contribution is 4.45. The van der Waals surface area contributed by atoms with E-state index < -0.39 is 0 Å². The second kappa shape index (κ2) is 14.6. The molecule has 0 saturated heterocycles. The SMILES string of the molecule is CCOCCOCCOCC[N+](CCO)(CCO)CCO. The van der Waals surface area contributed by atoms with Crippen LogP contribution in [-0.2, 0) is 14.2 Å². The van der Waals surface area contributed by atoms with Crippen molar-refractivity contribution in [2.24, 2.45) is 0 Å². The first-order chi connectivity index (χ1) is 10.2. The Morgan fingerprint density at radius 2 is 1.05 bits per heavy atom. The van der Waals surface area contributed by atoms with Gasteiger partial charge < -0.3 is 34.0 Å². The van der Waals surface area contributed by atoms with Gasteiger partial charge in [0, 0.05) is 6.61 Å². The second-order valence-electron chi connectivity index (χ2n) is 4.83. The molecule has 0 atom stereocenters. The van der Waals surface area contributed by atoms with Crippen LogP contribution in [0.1, 0.15) is 6.92 Å². The molecule has 0 fully saturated rings. The Balaban J connectivity index is 3.76. The summed E-state index contributed by atoms with van der Waals surface area (Å²) in [6, 6.07) is 0. The number of ether oxygens (including phenoxy) is 3. The predicted octanol–water partition coefficient (Wildman–Crippen LogP) is -1.15. The van der Waals surface area contributed by atoms with E-state index in [9.17, 15) is 0 Å². The first-order valence-corrected chi connectivity index (χ1v) is 7.65. The molecule has 0 aromatic heterocycles. The van der Waals surface area contributed by atoms with Crippen LogP contribution >= 0.6 is 0 Å². The van der Waals surface area contributed by atoms with Crippen molar-refractivity contribution in [2.45, 2.75) is 6.92 Å². The molecule has 0 heterocycles. The molecule has 0 aliphatic carbocycles. The summed E-state index contributed by atoms with van der Waals surface area (Å²) in [4.78, 5) is 0. The molecule has 0 amide bonds. The smallest absolute Gasteiger partial charge is 0.103 e. The lowest BCUT2D eigenvalue weighted by Gasteiger charge is -2.37. The van der Waals surface area contributed by atoms with Crippen LogP contribution < -0.4 is 0 Å². The van der Waals surface area contributed by atoms with Crippen molar-refractivity contribution in [1.82, 2.24) is 0 Å². The average Bonchev–Trinajstić information content (AvgIpc) is 2.46. The molecule has 3 N–H and O–H groups in total. The molecule has 7 nitrogen and oxygen atoms in total. The number of quaternary nitrogens is 1. The summed E-state index contributed by atoms with van der Waals surface area (Å²) < 4.78 is 16.5. The van der Waals surface area contributed by atoms with Gasteiger partial charge in [-0.1, -0.05) is 0 Å². The van der Waals surface area contributed by atoms with Crippen LogP contribution in [0.4, 0.5) is 0 Å². The van der Waals surface area contributed by atoms with Crippen LogP contribution in [0.25, 0.3) is 0 Å². The third-order valence-corrected chi connectivity index (χ3v) is 3.38. The van der Waals surface area contributed by atoms with E-state index in [0.29, 0.717) is 70.3 Å². The Bertz CT molecular complexity index is 201. The lowest BCUT2D eigenvalue weighted by Crippen LogP contribution is -2.55. The van der Waals surface area contributed by atoms with Crippen molar-refractivity contribution in [1.29, 1.82) is 0 Å². The molecule has 0 rings (SSSR count). The maximum absolute atomic E-state index is 9.15. The minimum Gasteiger partial charge on any atom is -0.391 e. The fourth-order valence-electron chi connectivity index (χ4n) is 2.15. The van der Waals surface area contributed by atoms with E-state index in [1.54, 1.807) is 0 Å². The van der Waals surface area contributed by atoms with Crippen molar-refractivity contribution < 1.29 is 34.0 Å². The fraction of sp³-hybridized carbons (Fsp3) is 1.00. The minimum atomic E-state index is 0.0283. The number of hydrogen-bond donors (Lipinski definition) is 3. The molecule has 0 aromatic rings. The Hall–Kier alpha value is -0.280. The van der Waals surface area contributed by atoms with E-state index in [0.717, 1.165) is 0 Å². The van der Waals surface area contributed by atoms with Gasteiger partial charge in [-0.3, -0.25) is 0 Å². The highest BCUT2D eigenvalue weighted by Crippen LogP contribution is 2.05. The van der Waals surface area contributed by atoms with Gasteiger partial charge in [0.25, 0.3) is 0 Å². The fourth-order valence-corrected chi connectivity index (χ4v) is 2.15. The van der Waals surface area contributed by atoms with E-state index in [-0.39, 0.29) is 19.8 Å². The Labute approximate surface area is 127 Å². The normalized spacial score (nSPS) is 12.0. The molecule has 0 unspecified atom stereocenters. The van der Waals surface area contributed by atoms with Crippen molar-refractivity contribution in [2.75, 3.05) is 85.6 Å². The Morgan fingerprint density at radius 3 is 1.48 bits per heavy atom. The highest BCUT2D eigenvalue weighted by atomic mass is 16.5. The average molecular weight is 310 g/mol. The van der Waals surface area contributed by atoms with Gasteiger partial charge in [-0.05, 0) is 6.92 Å². The van der Waals surface area contributed by atoms with Crippen molar-refractivity contribution in [3.05, 3.63) is 0 Å². The van der Waals surface area contributed by atoms with E-state index >= 15 is 0 Å². The maximum atomic E-state index is 9.15. The number of aliphatic hydroxyl groups excluding tert-OH is 3. The number of nitrogens with zero attached hydrogens (tertiary/aromatic N) is 1. The molecule has 128 valence electrons. The summed E-state index contributed by atoms with van der Waals surface area (Å²) in [7, 11) is 0. The molecule has 0 spiro atoms. The third-order valence-electron chi connectivity index (χ3n) is 3.38. The van der Waals surface area contributed by atoms with Gasteiger partial charge in [0.15, 0.2) is 0 Å². The van der Waals surface area contributed by atoms with Gasteiger partial charge >= 0.3 is 0 Å². The summed E-state index contributed by atoms with van der Waals surface area (Å²) in [6.07, 6.45) is 0. The van der Waals surface area contributed by atoms with Crippen molar-refractivity contribution in [3.63, 3.8) is 0 Å². The molecule has 0 saturated carbocycles. The Morgan fingerprint density at radius 1 is 0.619 bits per heavy atom. The Kier molecular flexibility index (Phi) is 14.5. The molecule has 0 aromatic carbocycles. The van der Waals surface area contributed by atoms with Gasteiger partial charge in [-0.25, -0.2) is 0 Å². The van der Waals surface area contributed by atoms with Crippen molar-refractivity contribution in [3.8, 4) is 0 Å². The van der Waals surface area contributed by atoms with Gasteiger partial charge in [-0.15, -0.1) is 0 Å². The summed E-state index contributed by atoms with van der Waals surface area (Å²) in [6.45, 7) is 7.60. The zero-order chi connectivity index (χ0) is 15.8. The molecule has 7 heteroatoms. The van der Waals surface area contributed by atoms with E-state index in [4.69, 9.17) is 29.5 Å². The van der Waals surface area contributed by atoms with Crippen LogP contribution in [-0.4, -0.2) is 105 Å². The second-order valence-corrected chi connectivity index (χ2v) is 4.83. The molecule has 21 heavy (non-hydrogen) atoms. The van der Waals surface area contributed by atoms with Crippen LogP contribution in [0.5, 0.6) is 0 Å². The number of aliphatic hydroxyl groups is 3. The molecule has 0 radical (unpaired) electrons. The first kappa shape index (κ1) is 20.7. The van der Waals surface area contributed by atoms with Crippen LogP contribution in [0.3, 0.4) is 0 Å². The molecular weight excluding hydrogens is 278 g/mol. The lowest BCUT2D eigenvalue weighted by molar-refractivity contribution is -0.929. The quantitative estimate of drug-likeness (QED) is 0.246. The zero-order valence-corrected chi connectivity index (χ0v) is 13.2. The molecule has 0 aliphatic rings. The summed E-state index contributed by atoms with van der Waals surface area (Å²) >= 11 is 0. The minimum absolute atomic E-state index is 0.0283. The largest absolute Gasteiger partial charge is 0.391 e. The highest BCUT2D eigenvalue weighted by Gasteiger charge is 2.25.